The lowest BCUT2D eigenvalue weighted by atomic mass is 9.70. The summed E-state index contributed by atoms with van der Waals surface area (Å²) in [6, 6.07) is 5.54. The first-order valence-corrected chi connectivity index (χ1v) is 9.22. The summed E-state index contributed by atoms with van der Waals surface area (Å²) in [6.45, 7) is 3.22. The lowest BCUT2D eigenvalue weighted by Crippen LogP contribution is -2.57. The zero-order chi connectivity index (χ0) is 17.4. The number of fused-ring (bicyclic) bond motifs is 4. The Morgan fingerprint density at radius 2 is 2.16 bits per heavy atom. The normalized spacial score (nSPS) is 28.0. The van der Waals surface area contributed by atoms with Gasteiger partial charge in [0.2, 0.25) is 5.91 Å². The van der Waals surface area contributed by atoms with Crippen molar-refractivity contribution < 1.29 is 19.4 Å². The van der Waals surface area contributed by atoms with E-state index in [2.05, 4.69) is 4.90 Å². The first kappa shape index (κ1) is 16.7. The summed E-state index contributed by atoms with van der Waals surface area (Å²) in [7, 11) is 0. The van der Waals surface area contributed by atoms with Crippen molar-refractivity contribution in [2.45, 2.75) is 43.8 Å². The van der Waals surface area contributed by atoms with Gasteiger partial charge in [0.15, 0.2) is 11.5 Å². The highest BCUT2D eigenvalue weighted by molar-refractivity contribution is 5.73. The van der Waals surface area contributed by atoms with Crippen LogP contribution < -0.4 is 10.5 Å². The molecule has 2 fully saturated rings. The third-order valence-corrected chi connectivity index (χ3v) is 6.01. The molecular weight excluding hydrogens is 320 g/mol. The predicted molar refractivity (Wildman–Crippen MR) is 92.4 cm³/mol. The Hall–Kier alpha value is -1.79. The summed E-state index contributed by atoms with van der Waals surface area (Å²) < 4.78 is 12.6. The van der Waals surface area contributed by atoms with Crippen LogP contribution in [0, 0.1) is 5.92 Å². The molecule has 3 aliphatic heterocycles. The molecule has 0 saturated carbocycles. The second-order valence-corrected chi connectivity index (χ2v) is 7.46. The molecule has 0 unspecified atom stereocenters. The second-order valence-electron chi connectivity index (χ2n) is 7.46. The maximum atomic E-state index is 11.0. The number of likely N-dealkylation sites (tertiary alicyclic amines) is 1. The van der Waals surface area contributed by atoms with Gasteiger partial charge in [0, 0.05) is 57.0 Å². The van der Waals surface area contributed by atoms with Gasteiger partial charge >= 0.3 is 0 Å². The maximum absolute atomic E-state index is 11.0. The van der Waals surface area contributed by atoms with Crippen LogP contribution in [0.25, 0.3) is 0 Å². The molecule has 136 valence electrons. The van der Waals surface area contributed by atoms with E-state index in [0.717, 1.165) is 50.9 Å². The van der Waals surface area contributed by atoms with E-state index in [1.165, 1.54) is 0 Å². The Bertz CT molecular complexity index is 655. The molecule has 1 amide bonds. The van der Waals surface area contributed by atoms with Crippen LogP contribution in [0.1, 0.15) is 43.8 Å². The topological polar surface area (TPSA) is 85.0 Å². The SMILES string of the molecule is NC(=O)CCN1CCC2(CC1)Oc1c(O)cccc1[C@H]1OCCC[C@@H]12. The van der Waals surface area contributed by atoms with Gasteiger partial charge in [0.05, 0.1) is 6.10 Å². The van der Waals surface area contributed by atoms with Crippen molar-refractivity contribution >= 4 is 5.91 Å². The van der Waals surface area contributed by atoms with Crippen LogP contribution in [-0.4, -0.2) is 47.8 Å². The van der Waals surface area contributed by atoms with Crippen molar-refractivity contribution in [3.8, 4) is 11.5 Å². The lowest BCUT2D eigenvalue weighted by molar-refractivity contribution is -0.150. The molecule has 2 atom stereocenters. The van der Waals surface area contributed by atoms with Crippen molar-refractivity contribution in [2.24, 2.45) is 11.7 Å². The number of rotatable bonds is 3. The molecule has 1 spiro atoms. The minimum atomic E-state index is -0.292. The minimum Gasteiger partial charge on any atom is -0.504 e. The zero-order valence-corrected chi connectivity index (χ0v) is 14.4. The highest BCUT2D eigenvalue weighted by Gasteiger charge is 2.52. The molecule has 0 aliphatic carbocycles. The van der Waals surface area contributed by atoms with Crippen LogP contribution >= 0.6 is 0 Å². The standard InChI is InChI=1S/C19H26N2O4/c20-16(23)6-9-21-10-7-19(8-11-21)14-4-2-12-24-17(14)13-3-1-5-15(22)18(13)25-19/h1,3,5,14,17,22H,2,4,6-12H2,(H2,20,23)/t14-,17+/m0/s1. The number of amides is 1. The summed E-state index contributed by atoms with van der Waals surface area (Å²) in [5.74, 6) is 0.847. The van der Waals surface area contributed by atoms with E-state index in [4.69, 9.17) is 15.2 Å². The average Bonchev–Trinajstić information content (AvgIpc) is 2.63. The van der Waals surface area contributed by atoms with Gasteiger partial charge in [-0.25, -0.2) is 0 Å². The van der Waals surface area contributed by atoms with Crippen LogP contribution in [0.2, 0.25) is 0 Å². The molecule has 0 radical (unpaired) electrons. The molecule has 1 aromatic carbocycles. The number of hydrogen-bond acceptors (Lipinski definition) is 5. The Labute approximate surface area is 147 Å². The first-order valence-electron chi connectivity index (χ1n) is 9.22. The number of para-hydroxylation sites is 1. The number of primary amides is 1. The molecule has 3 N–H and O–H groups in total. The van der Waals surface area contributed by atoms with Gasteiger partial charge in [-0.15, -0.1) is 0 Å². The van der Waals surface area contributed by atoms with Gasteiger partial charge in [0.25, 0.3) is 0 Å². The van der Waals surface area contributed by atoms with E-state index in [1.54, 1.807) is 6.07 Å². The van der Waals surface area contributed by atoms with Gasteiger partial charge in [-0.2, -0.15) is 0 Å². The fourth-order valence-electron chi connectivity index (χ4n) is 4.68. The summed E-state index contributed by atoms with van der Waals surface area (Å²) in [5.41, 5.74) is 5.96. The van der Waals surface area contributed by atoms with Gasteiger partial charge in [0.1, 0.15) is 5.60 Å². The monoisotopic (exact) mass is 346 g/mol. The predicted octanol–water partition coefficient (Wildman–Crippen LogP) is 1.96. The molecule has 2 saturated heterocycles. The molecule has 3 aliphatic rings. The van der Waals surface area contributed by atoms with E-state index in [-0.39, 0.29) is 23.4 Å². The highest BCUT2D eigenvalue weighted by atomic mass is 16.5. The quantitative estimate of drug-likeness (QED) is 0.874. The number of piperidine rings is 1. The molecule has 4 rings (SSSR count). The molecule has 6 heteroatoms. The number of benzene rings is 1. The molecule has 0 aromatic heterocycles. The summed E-state index contributed by atoms with van der Waals surface area (Å²) >= 11 is 0. The number of phenolic OH excluding ortho intramolecular Hbond substituents is 1. The number of carbonyl (C=O) groups is 1. The number of ether oxygens (including phenoxy) is 2. The second kappa shape index (κ2) is 6.50. The number of nitrogens with zero attached hydrogens (tertiary/aromatic N) is 1. The van der Waals surface area contributed by atoms with E-state index in [0.29, 0.717) is 24.6 Å². The van der Waals surface area contributed by atoms with E-state index < -0.39 is 0 Å². The van der Waals surface area contributed by atoms with E-state index in [9.17, 15) is 9.90 Å². The lowest BCUT2D eigenvalue weighted by Gasteiger charge is -2.53. The third kappa shape index (κ3) is 2.98. The number of carbonyl (C=O) groups excluding carboxylic acids is 1. The molecule has 1 aromatic rings. The average molecular weight is 346 g/mol. The van der Waals surface area contributed by atoms with Gasteiger partial charge < -0.3 is 25.2 Å². The molecule has 0 bridgehead atoms. The van der Waals surface area contributed by atoms with Crippen LogP contribution in [0.5, 0.6) is 11.5 Å². The Morgan fingerprint density at radius 3 is 2.92 bits per heavy atom. The fraction of sp³-hybridized carbons (Fsp3) is 0.632. The third-order valence-electron chi connectivity index (χ3n) is 6.01. The van der Waals surface area contributed by atoms with Crippen molar-refractivity contribution in [1.29, 1.82) is 0 Å². The molecule has 3 heterocycles. The van der Waals surface area contributed by atoms with Gasteiger partial charge in [-0.05, 0) is 18.9 Å². The molecule has 25 heavy (non-hydrogen) atoms. The van der Waals surface area contributed by atoms with E-state index >= 15 is 0 Å². The minimum absolute atomic E-state index is 0.00164. The van der Waals surface area contributed by atoms with Crippen LogP contribution in [0.3, 0.4) is 0 Å². The van der Waals surface area contributed by atoms with Crippen LogP contribution in [0.4, 0.5) is 0 Å². The van der Waals surface area contributed by atoms with Crippen molar-refractivity contribution in [3.63, 3.8) is 0 Å². The van der Waals surface area contributed by atoms with Crippen molar-refractivity contribution in [2.75, 3.05) is 26.2 Å². The Kier molecular flexibility index (Phi) is 4.33. The summed E-state index contributed by atoms with van der Waals surface area (Å²) in [5, 5.41) is 10.3. The Morgan fingerprint density at radius 1 is 1.36 bits per heavy atom. The summed E-state index contributed by atoms with van der Waals surface area (Å²) in [4.78, 5) is 13.3. The maximum Gasteiger partial charge on any atom is 0.218 e. The highest BCUT2D eigenvalue weighted by Crippen LogP contribution is 2.55. The largest absolute Gasteiger partial charge is 0.504 e. The van der Waals surface area contributed by atoms with Gasteiger partial charge in [-0.3, -0.25) is 4.79 Å². The van der Waals surface area contributed by atoms with E-state index in [1.807, 2.05) is 12.1 Å². The van der Waals surface area contributed by atoms with Crippen LogP contribution in [0.15, 0.2) is 18.2 Å². The first-order chi connectivity index (χ1) is 12.1. The van der Waals surface area contributed by atoms with Crippen LogP contribution in [-0.2, 0) is 9.53 Å². The number of hydrogen-bond donors (Lipinski definition) is 2. The fourth-order valence-corrected chi connectivity index (χ4v) is 4.68. The Balaban J connectivity index is 1.57. The van der Waals surface area contributed by atoms with Gasteiger partial charge in [-0.1, -0.05) is 12.1 Å². The molecule has 6 nitrogen and oxygen atoms in total. The summed E-state index contributed by atoms with van der Waals surface area (Å²) in [6.07, 6.45) is 4.29. The smallest absolute Gasteiger partial charge is 0.218 e. The van der Waals surface area contributed by atoms with Crippen molar-refractivity contribution in [1.82, 2.24) is 4.90 Å². The number of phenols is 1. The molecular formula is C19H26N2O4. The van der Waals surface area contributed by atoms with Crippen molar-refractivity contribution in [3.05, 3.63) is 23.8 Å². The number of aromatic hydroxyl groups is 1. The number of nitrogens with two attached hydrogens (primary N) is 1. The zero-order valence-electron chi connectivity index (χ0n) is 14.4.